The van der Waals surface area contributed by atoms with Gasteiger partial charge in [0.2, 0.25) is 11.8 Å². The van der Waals surface area contributed by atoms with Gasteiger partial charge >= 0.3 is 0 Å². The highest BCUT2D eigenvalue weighted by atomic mass is 19.1. The zero-order valence-corrected chi connectivity index (χ0v) is 20.3. The van der Waals surface area contributed by atoms with E-state index in [2.05, 4.69) is 5.32 Å². The van der Waals surface area contributed by atoms with E-state index in [0.717, 1.165) is 34.7 Å². The fourth-order valence-electron chi connectivity index (χ4n) is 5.93. The van der Waals surface area contributed by atoms with Gasteiger partial charge in [-0.15, -0.1) is 0 Å². The molecule has 2 atom stereocenters. The summed E-state index contributed by atoms with van der Waals surface area (Å²) in [7, 11) is 0. The molecule has 3 heterocycles. The highest BCUT2D eigenvalue weighted by Gasteiger charge is 2.40. The van der Waals surface area contributed by atoms with Crippen molar-refractivity contribution in [2.45, 2.75) is 44.2 Å². The topological polar surface area (TPSA) is 102 Å². The van der Waals surface area contributed by atoms with Gasteiger partial charge in [0.25, 0.3) is 5.91 Å². The van der Waals surface area contributed by atoms with E-state index in [0.29, 0.717) is 36.4 Å². The van der Waals surface area contributed by atoms with Gasteiger partial charge in [0.05, 0.1) is 5.69 Å². The smallest absolute Gasteiger partial charge is 0.259 e. The Kier molecular flexibility index (Phi) is 6.01. The highest BCUT2D eigenvalue weighted by Crippen LogP contribution is 2.41. The lowest BCUT2D eigenvalue weighted by Crippen LogP contribution is -2.53. The molecule has 2 saturated heterocycles. The van der Waals surface area contributed by atoms with Crippen molar-refractivity contribution >= 4 is 34.2 Å². The average molecular weight is 502 g/mol. The van der Waals surface area contributed by atoms with Crippen LogP contribution in [-0.4, -0.2) is 37.0 Å². The fourth-order valence-corrected chi connectivity index (χ4v) is 5.93. The van der Waals surface area contributed by atoms with Gasteiger partial charge in [-0.2, -0.15) is 0 Å². The number of carbonyl (C=O) groups excluding carboxylic acids is 3. The molecule has 0 radical (unpaired) electrons. The van der Waals surface area contributed by atoms with E-state index in [1.54, 1.807) is 18.2 Å². The van der Waals surface area contributed by atoms with E-state index in [9.17, 15) is 14.4 Å². The van der Waals surface area contributed by atoms with Crippen molar-refractivity contribution in [2.24, 2.45) is 11.7 Å². The second-order valence-corrected chi connectivity index (χ2v) is 10.1. The molecule has 0 aromatic heterocycles. The summed E-state index contributed by atoms with van der Waals surface area (Å²) in [6.45, 7) is 1.38. The summed E-state index contributed by atoms with van der Waals surface area (Å²) in [5.74, 6) is -1.07. The number of nitrogens with zero attached hydrogens (tertiary/aromatic N) is 1. The van der Waals surface area contributed by atoms with Crippen molar-refractivity contribution in [3.05, 3.63) is 76.6 Å². The maximum atomic E-state index is 15.3. The van der Waals surface area contributed by atoms with Crippen LogP contribution in [0.1, 0.15) is 58.8 Å². The van der Waals surface area contributed by atoms with Crippen LogP contribution in [0.5, 0.6) is 0 Å². The first-order valence-corrected chi connectivity index (χ1v) is 12.8. The van der Waals surface area contributed by atoms with Crippen LogP contribution in [0.3, 0.4) is 0 Å². The molecular formula is C29H28FN3O4. The van der Waals surface area contributed by atoms with E-state index < -0.39 is 11.9 Å². The largest absolute Gasteiger partial charge is 0.381 e. The molecule has 0 saturated carbocycles. The number of hydrogen-bond acceptors (Lipinski definition) is 5. The summed E-state index contributed by atoms with van der Waals surface area (Å²) in [5.41, 5.74) is 9.84. The van der Waals surface area contributed by atoms with E-state index in [1.165, 1.54) is 4.90 Å². The predicted octanol–water partition coefficient (Wildman–Crippen LogP) is 3.76. The van der Waals surface area contributed by atoms with Crippen molar-refractivity contribution in [1.29, 1.82) is 0 Å². The lowest BCUT2D eigenvalue weighted by Gasteiger charge is -2.30. The van der Waals surface area contributed by atoms with Gasteiger partial charge in [0.15, 0.2) is 0 Å². The minimum Gasteiger partial charge on any atom is -0.381 e. The lowest BCUT2D eigenvalue weighted by molar-refractivity contribution is -0.134. The van der Waals surface area contributed by atoms with Crippen molar-refractivity contribution < 1.29 is 23.5 Å². The van der Waals surface area contributed by atoms with Crippen molar-refractivity contribution in [3.8, 4) is 0 Å². The third-order valence-corrected chi connectivity index (χ3v) is 7.96. The quantitative estimate of drug-likeness (QED) is 0.519. The Balaban J connectivity index is 1.31. The number of amides is 3. The van der Waals surface area contributed by atoms with Crippen LogP contribution in [0.15, 0.2) is 48.5 Å². The number of nitrogens with one attached hydrogen (secondary N) is 1. The molecule has 3 aromatic rings. The number of benzene rings is 3. The van der Waals surface area contributed by atoms with Gasteiger partial charge in [-0.05, 0) is 65.5 Å². The van der Waals surface area contributed by atoms with E-state index in [-0.39, 0.29) is 42.4 Å². The number of rotatable bonds is 5. The molecule has 0 spiro atoms. The normalized spacial score (nSPS) is 21.0. The first kappa shape index (κ1) is 23.8. The second kappa shape index (κ2) is 9.36. The molecule has 0 bridgehead atoms. The number of piperidine rings is 1. The number of imide groups is 1. The molecule has 0 aliphatic carbocycles. The van der Waals surface area contributed by atoms with Crippen LogP contribution < -0.4 is 16.0 Å². The summed E-state index contributed by atoms with van der Waals surface area (Å²) in [5, 5.41) is 3.95. The minimum atomic E-state index is -0.739. The van der Waals surface area contributed by atoms with Crippen molar-refractivity contribution in [2.75, 3.05) is 18.1 Å². The third kappa shape index (κ3) is 4.10. The summed E-state index contributed by atoms with van der Waals surface area (Å²) in [6, 6.07) is 13.5. The van der Waals surface area contributed by atoms with Gasteiger partial charge in [-0.3, -0.25) is 24.6 Å². The molecule has 8 heteroatoms. The third-order valence-electron chi connectivity index (χ3n) is 7.96. The van der Waals surface area contributed by atoms with Crippen LogP contribution in [0.2, 0.25) is 0 Å². The van der Waals surface area contributed by atoms with Crippen LogP contribution in [0, 0.1) is 11.7 Å². The Morgan fingerprint density at radius 3 is 2.57 bits per heavy atom. The lowest BCUT2D eigenvalue weighted by atomic mass is 9.87. The Morgan fingerprint density at radius 1 is 1.03 bits per heavy atom. The first-order chi connectivity index (χ1) is 17.9. The van der Waals surface area contributed by atoms with E-state index >= 15 is 4.39 Å². The molecular weight excluding hydrogens is 473 g/mol. The zero-order chi connectivity index (χ0) is 25.7. The summed E-state index contributed by atoms with van der Waals surface area (Å²) in [4.78, 5) is 39.0. The standard InChI is InChI=1S/C29H28FN3O4/c30-22-15-19(27(31)16-10-12-37-13-11-16)5-4-18(22)14-17-6-7-23-26-20(17)2-1-3-21(26)29(36)33(23)24-8-9-25(34)32-28(24)35/h1-7,15-16,24,27H,8-14,31H2,(H,32,34,35)/t24-,27+/m1/s1. The monoisotopic (exact) mass is 501 g/mol. The van der Waals surface area contributed by atoms with E-state index in [4.69, 9.17) is 10.5 Å². The number of nitrogens with two attached hydrogens (primary N) is 1. The van der Waals surface area contributed by atoms with Crippen LogP contribution in [0.4, 0.5) is 10.1 Å². The number of halogens is 1. The van der Waals surface area contributed by atoms with Crippen LogP contribution >= 0.6 is 0 Å². The Labute approximate surface area is 213 Å². The molecule has 0 unspecified atom stereocenters. The molecule has 3 aromatic carbocycles. The molecule has 3 aliphatic rings. The molecule has 7 nitrogen and oxygen atoms in total. The van der Waals surface area contributed by atoms with E-state index in [1.807, 2.05) is 30.3 Å². The van der Waals surface area contributed by atoms with Crippen LogP contribution in [-0.2, 0) is 20.7 Å². The Morgan fingerprint density at radius 2 is 1.81 bits per heavy atom. The maximum absolute atomic E-state index is 15.3. The van der Waals surface area contributed by atoms with Gasteiger partial charge in [-0.25, -0.2) is 4.39 Å². The Hall–Kier alpha value is -3.62. The number of anilines is 1. The molecule has 190 valence electrons. The van der Waals surface area contributed by atoms with Crippen molar-refractivity contribution in [1.82, 2.24) is 5.32 Å². The number of hydrogen-bond donors (Lipinski definition) is 2. The van der Waals surface area contributed by atoms with Gasteiger partial charge in [0.1, 0.15) is 11.9 Å². The molecule has 6 rings (SSSR count). The summed E-state index contributed by atoms with van der Waals surface area (Å²) >= 11 is 0. The molecule has 2 fully saturated rings. The molecule has 3 amide bonds. The summed E-state index contributed by atoms with van der Waals surface area (Å²) < 4.78 is 20.7. The fraction of sp³-hybridized carbons (Fsp3) is 0.345. The molecule has 37 heavy (non-hydrogen) atoms. The minimum absolute atomic E-state index is 0.186. The molecule has 3 aliphatic heterocycles. The first-order valence-electron chi connectivity index (χ1n) is 12.8. The van der Waals surface area contributed by atoms with Gasteiger partial charge in [-0.1, -0.05) is 30.3 Å². The van der Waals surface area contributed by atoms with Gasteiger partial charge in [0, 0.05) is 43.0 Å². The highest BCUT2D eigenvalue weighted by molar-refractivity contribution is 6.27. The number of carbonyl (C=O) groups is 3. The van der Waals surface area contributed by atoms with Crippen molar-refractivity contribution in [3.63, 3.8) is 0 Å². The predicted molar refractivity (Wildman–Crippen MR) is 137 cm³/mol. The summed E-state index contributed by atoms with van der Waals surface area (Å²) in [6.07, 6.45) is 2.57. The maximum Gasteiger partial charge on any atom is 0.259 e. The zero-order valence-electron chi connectivity index (χ0n) is 20.3. The number of ether oxygens (including phenoxy) is 1. The second-order valence-electron chi connectivity index (χ2n) is 10.1. The van der Waals surface area contributed by atoms with Gasteiger partial charge < -0.3 is 10.5 Å². The molecule has 3 N–H and O–H groups in total. The van der Waals surface area contributed by atoms with Crippen LogP contribution in [0.25, 0.3) is 10.8 Å². The Bertz CT molecular complexity index is 1430. The SMILES string of the molecule is N[C@H](c1ccc(Cc2ccc3c4c(cccc24)C(=O)N3[C@@H]2CCC(=O)NC2=O)c(F)c1)C1CCOCC1. The average Bonchev–Trinajstić information content (AvgIpc) is 3.19.